The summed E-state index contributed by atoms with van der Waals surface area (Å²) in [4.78, 5) is 12.1. The van der Waals surface area contributed by atoms with Crippen LogP contribution < -0.4 is 14.8 Å². The van der Waals surface area contributed by atoms with Gasteiger partial charge < -0.3 is 14.8 Å². The van der Waals surface area contributed by atoms with E-state index in [9.17, 15) is 4.79 Å². The molecule has 4 heteroatoms. The normalized spacial score (nSPS) is 22.3. The minimum absolute atomic E-state index is 0.0996. The SMILES string of the molecule is O=C(NC[C@H]1COc2ccccc2O1)C1CCCCC1. The van der Waals surface area contributed by atoms with E-state index in [0.717, 1.165) is 24.3 Å². The maximum atomic E-state index is 12.1. The van der Waals surface area contributed by atoms with Gasteiger partial charge in [-0.2, -0.15) is 0 Å². The maximum Gasteiger partial charge on any atom is 0.223 e. The van der Waals surface area contributed by atoms with Crippen LogP contribution >= 0.6 is 0 Å². The van der Waals surface area contributed by atoms with E-state index < -0.39 is 0 Å². The van der Waals surface area contributed by atoms with E-state index in [1.165, 1.54) is 19.3 Å². The molecule has 1 aliphatic heterocycles. The molecule has 108 valence electrons. The molecule has 1 N–H and O–H groups in total. The second-order valence-corrected chi connectivity index (χ2v) is 5.58. The van der Waals surface area contributed by atoms with E-state index in [-0.39, 0.29) is 17.9 Å². The van der Waals surface area contributed by atoms with Crippen molar-refractivity contribution in [3.05, 3.63) is 24.3 Å². The van der Waals surface area contributed by atoms with Crippen LogP contribution in [-0.2, 0) is 4.79 Å². The van der Waals surface area contributed by atoms with Crippen LogP contribution in [0.3, 0.4) is 0 Å². The largest absolute Gasteiger partial charge is 0.486 e. The highest BCUT2D eigenvalue weighted by atomic mass is 16.6. The van der Waals surface area contributed by atoms with E-state index >= 15 is 0 Å². The molecule has 0 aromatic heterocycles. The Bertz CT molecular complexity index is 469. The molecule has 0 radical (unpaired) electrons. The van der Waals surface area contributed by atoms with Crippen molar-refractivity contribution in [2.75, 3.05) is 13.2 Å². The predicted octanol–water partition coefficient (Wildman–Crippen LogP) is 2.52. The van der Waals surface area contributed by atoms with Gasteiger partial charge >= 0.3 is 0 Å². The molecule has 4 nitrogen and oxygen atoms in total. The van der Waals surface area contributed by atoms with E-state index in [4.69, 9.17) is 9.47 Å². The zero-order valence-electron chi connectivity index (χ0n) is 11.6. The Kier molecular flexibility index (Phi) is 4.09. The highest BCUT2D eigenvalue weighted by Gasteiger charge is 2.24. The highest BCUT2D eigenvalue weighted by molar-refractivity contribution is 5.78. The van der Waals surface area contributed by atoms with Crippen molar-refractivity contribution in [3.63, 3.8) is 0 Å². The van der Waals surface area contributed by atoms with Gasteiger partial charge in [0.2, 0.25) is 5.91 Å². The highest BCUT2D eigenvalue weighted by Crippen LogP contribution is 2.30. The number of para-hydroxylation sites is 2. The van der Waals surface area contributed by atoms with E-state index in [0.29, 0.717) is 13.2 Å². The van der Waals surface area contributed by atoms with Gasteiger partial charge in [0.25, 0.3) is 0 Å². The number of amides is 1. The average Bonchev–Trinajstić information content (AvgIpc) is 2.53. The molecule has 2 aliphatic rings. The number of rotatable bonds is 3. The summed E-state index contributed by atoms with van der Waals surface area (Å²) in [5, 5.41) is 3.01. The Morgan fingerprint density at radius 1 is 1.15 bits per heavy atom. The zero-order chi connectivity index (χ0) is 13.8. The first-order valence-corrected chi connectivity index (χ1v) is 7.49. The van der Waals surface area contributed by atoms with Gasteiger partial charge in [-0.3, -0.25) is 4.79 Å². The first kappa shape index (κ1) is 13.3. The summed E-state index contributed by atoms with van der Waals surface area (Å²) in [5.41, 5.74) is 0. The summed E-state index contributed by atoms with van der Waals surface area (Å²) >= 11 is 0. The van der Waals surface area contributed by atoms with E-state index in [1.54, 1.807) is 0 Å². The van der Waals surface area contributed by atoms with Crippen molar-refractivity contribution in [1.29, 1.82) is 0 Å². The lowest BCUT2D eigenvalue weighted by Gasteiger charge is -2.27. The third-order valence-electron chi connectivity index (χ3n) is 4.05. The molecule has 1 fully saturated rings. The summed E-state index contributed by atoms with van der Waals surface area (Å²) in [6, 6.07) is 7.63. The fraction of sp³-hybridized carbons (Fsp3) is 0.562. The summed E-state index contributed by atoms with van der Waals surface area (Å²) in [6.07, 6.45) is 5.56. The predicted molar refractivity (Wildman–Crippen MR) is 75.9 cm³/mol. The van der Waals surface area contributed by atoms with Crippen molar-refractivity contribution < 1.29 is 14.3 Å². The van der Waals surface area contributed by atoms with Crippen molar-refractivity contribution in [2.45, 2.75) is 38.2 Å². The first-order valence-electron chi connectivity index (χ1n) is 7.49. The Labute approximate surface area is 119 Å². The lowest BCUT2D eigenvalue weighted by Crippen LogP contribution is -2.43. The van der Waals surface area contributed by atoms with Crippen LogP contribution in [0.25, 0.3) is 0 Å². The van der Waals surface area contributed by atoms with Crippen molar-refractivity contribution in [1.82, 2.24) is 5.32 Å². The maximum absolute atomic E-state index is 12.1. The number of hydrogen-bond donors (Lipinski definition) is 1. The third kappa shape index (κ3) is 3.06. The molecular formula is C16H21NO3. The molecule has 1 aromatic carbocycles. The molecule has 1 atom stereocenters. The van der Waals surface area contributed by atoms with Gasteiger partial charge in [0.05, 0.1) is 6.54 Å². The Hall–Kier alpha value is -1.71. The summed E-state index contributed by atoms with van der Waals surface area (Å²) < 4.78 is 11.5. The molecule has 0 unspecified atom stereocenters. The minimum Gasteiger partial charge on any atom is -0.486 e. The number of nitrogens with one attached hydrogen (secondary N) is 1. The molecule has 0 spiro atoms. The second-order valence-electron chi connectivity index (χ2n) is 5.58. The van der Waals surface area contributed by atoms with Gasteiger partial charge in [0, 0.05) is 5.92 Å². The lowest BCUT2D eigenvalue weighted by atomic mass is 9.88. The van der Waals surface area contributed by atoms with Crippen LogP contribution in [-0.4, -0.2) is 25.2 Å². The van der Waals surface area contributed by atoms with Crippen LogP contribution in [0.5, 0.6) is 11.5 Å². The number of hydrogen-bond acceptors (Lipinski definition) is 3. The average molecular weight is 275 g/mol. The molecule has 1 aliphatic carbocycles. The molecule has 3 rings (SSSR count). The van der Waals surface area contributed by atoms with Gasteiger partial charge in [-0.25, -0.2) is 0 Å². The number of ether oxygens (including phenoxy) is 2. The topological polar surface area (TPSA) is 47.6 Å². The van der Waals surface area contributed by atoms with Crippen molar-refractivity contribution >= 4 is 5.91 Å². The van der Waals surface area contributed by atoms with Gasteiger partial charge in [0.1, 0.15) is 12.7 Å². The van der Waals surface area contributed by atoms with Crippen LogP contribution in [0, 0.1) is 5.92 Å². The van der Waals surface area contributed by atoms with Crippen molar-refractivity contribution in [3.8, 4) is 11.5 Å². The number of benzene rings is 1. The van der Waals surface area contributed by atoms with Crippen LogP contribution in [0.2, 0.25) is 0 Å². The van der Waals surface area contributed by atoms with Gasteiger partial charge in [-0.1, -0.05) is 31.4 Å². The number of fused-ring (bicyclic) bond motifs is 1. The fourth-order valence-corrected chi connectivity index (χ4v) is 2.89. The van der Waals surface area contributed by atoms with Crippen LogP contribution in [0.15, 0.2) is 24.3 Å². The molecule has 0 bridgehead atoms. The Balaban J connectivity index is 1.49. The zero-order valence-corrected chi connectivity index (χ0v) is 11.6. The van der Waals surface area contributed by atoms with Gasteiger partial charge in [0.15, 0.2) is 11.5 Å². The monoisotopic (exact) mass is 275 g/mol. The first-order chi connectivity index (χ1) is 9.83. The number of carbonyl (C=O) groups excluding carboxylic acids is 1. The Morgan fingerprint density at radius 3 is 2.70 bits per heavy atom. The van der Waals surface area contributed by atoms with Gasteiger partial charge in [-0.05, 0) is 25.0 Å². The Morgan fingerprint density at radius 2 is 1.90 bits per heavy atom. The standard InChI is InChI=1S/C16H21NO3/c18-16(12-6-2-1-3-7-12)17-10-13-11-19-14-8-4-5-9-15(14)20-13/h4-5,8-9,12-13H,1-3,6-7,10-11H2,(H,17,18)/t13-/m0/s1. The van der Waals surface area contributed by atoms with Crippen LogP contribution in [0.1, 0.15) is 32.1 Å². The molecule has 20 heavy (non-hydrogen) atoms. The molecule has 1 aromatic rings. The van der Waals surface area contributed by atoms with Gasteiger partial charge in [-0.15, -0.1) is 0 Å². The fourth-order valence-electron chi connectivity index (χ4n) is 2.89. The smallest absolute Gasteiger partial charge is 0.223 e. The third-order valence-corrected chi connectivity index (χ3v) is 4.05. The molecule has 1 amide bonds. The summed E-state index contributed by atoms with van der Waals surface area (Å²) in [7, 11) is 0. The number of carbonyl (C=O) groups is 1. The molecular weight excluding hydrogens is 254 g/mol. The van der Waals surface area contributed by atoms with Crippen LogP contribution in [0.4, 0.5) is 0 Å². The van der Waals surface area contributed by atoms with E-state index in [1.807, 2.05) is 24.3 Å². The lowest BCUT2D eigenvalue weighted by molar-refractivity contribution is -0.126. The van der Waals surface area contributed by atoms with E-state index in [2.05, 4.69) is 5.32 Å². The molecule has 1 saturated carbocycles. The molecule has 0 saturated heterocycles. The second kappa shape index (κ2) is 6.16. The summed E-state index contributed by atoms with van der Waals surface area (Å²) in [6.45, 7) is 1.01. The quantitative estimate of drug-likeness (QED) is 0.922. The van der Waals surface area contributed by atoms with Crippen molar-refractivity contribution in [2.24, 2.45) is 5.92 Å². The summed E-state index contributed by atoms with van der Waals surface area (Å²) in [5.74, 6) is 1.91. The minimum atomic E-state index is -0.0996. The molecule has 1 heterocycles.